The van der Waals surface area contributed by atoms with E-state index in [1.54, 1.807) is 6.07 Å². The van der Waals surface area contributed by atoms with Crippen molar-refractivity contribution in [3.05, 3.63) is 69.6 Å². The third-order valence-electron chi connectivity index (χ3n) is 2.57. The number of nitrogens with one attached hydrogen (secondary N) is 2. The van der Waals surface area contributed by atoms with Crippen LogP contribution in [0.15, 0.2) is 47.4 Å². The lowest BCUT2D eigenvalue weighted by Gasteiger charge is -2.05. The molecule has 1 aromatic heterocycles. The van der Waals surface area contributed by atoms with Gasteiger partial charge in [-0.2, -0.15) is 0 Å². The number of benzene rings is 1. The Hall–Kier alpha value is -2.36. The van der Waals surface area contributed by atoms with Crippen molar-refractivity contribution in [1.82, 2.24) is 10.3 Å². The van der Waals surface area contributed by atoms with Crippen molar-refractivity contribution in [3.63, 3.8) is 0 Å². The molecule has 0 unspecified atom stereocenters. The molecular weight excluding hydrogens is 228 g/mol. The molecule has 4 nitrogen and oxygen atoms in total. The van der Waals surface area contributed by atoms with Crippen LogP contribution in [0.25, 0.3) is 0 Å². The van der Waals surface area contributed by atoms with E-state index in [-0.39, 0.29) is 11.5 Å². The molecule has 1 amide bonds. The third kappa shape index (κ3) is 3.07. The number of hydrogen-bond donors (Lipinski definition) is 2. The van der Waals surface area contributed by atoms with E-state index in [9.17, 15) is 9.59 Å². The van der Waals surface area contributed by atoms with Crippen molar-refractivity contribution < 1.29 is 4.79 Å². The lowest BCUT2D eigenvalue weighted by molar-refractivity contribution is 0.0950. The van der Waals surface area contributed by atoms with E-state index < -0.39 is 0 Å². The fraction of sp³-hybridized carbons (Fsp3) is 0.143. The summed E-state index contributed by atoms with van der Waals surface area (Å²) >= 11 is 0. The quantitative estimate of drug-likeness (QED) is 0.859. The highest BCUT2D eigenvalue weighted by Gasteiger charge is 2.05. The number of carbonyl (C=O) groups excluding carboxylic acids is 1. The van der Waals surface area contributed by atoms with Crippen LogP contribution >= 0.6 is 0 Å². The predicted molar refractivity (Wildman–Crippen MR) is 69.4 cm³/mol. The average molecular weight is 242 g/mol. The smallest absolute Gasteiger partial charge is 0.251 e. The zero-order valence-corrected chi connectivity index (χ0v) is 10.1. The van der Waals surface area contributed by atoms with Crippen molar-refractivity contribution >= 4 is 5.91 Å². The number of rotatable bonds is 3. The second-order valence-corrected chi connectivity index (χ2v) is 4.11. The predicted octanol–water partition coefficient (Wildman–Crippen LogP) is 1.61. The van der Waals surface area contributed by atoms with Crippen molar-refractivity contribution in [2.45, 2.75) is 13.5 Å². The van der Waals surface area contributed by atoms with Crippen LogP contribution in [0.1, 0.15) is 21.5 Å². The van der Waals surface area contributed by atoms with Gasteiger partial charge in [0.05, 0.1) is 0 Å². The number of carbonyl (C=O) groups is 1. The average Bonchev–Trinajstić information content (AvgIpc) is 2.36. The van der Waals surface area contributed by atoms with E-state index in [4.69, 9.17) is 0 Å². The SMILES string of the molecule is Cc1cccc(CNC(=O)c2cc[nH]c(=O)c2)c1. The number of aromatic amines is 1. The van der Waals surface area contributed by atoms with Gasteiger partial charge in [0.15, 0.2) is 0 Å². The molecular formula is C14H14N2O2. The molecule has 1 heterocycles. The molecule has 0 aliphatic heterocycles. The zero-order valence-electron chi connectivity index (χ0n) is 10.1. The van der Waals surface area contributed by atoms with Gasteiger partial charge in [0.25, 0.3) is 5.91 Å². The molecule has 92 valence electrons. The van der Waals surface area contributed by atoms with E-state index in [2.05, 4.69) is 10.3 Å². The first-order chi connectivity index (χ1) is 8.65. The molecule has 4 heteroatoms. The molecule has 18 heavy (non-hydrogen) atoms. The molecule has 2 N–H and O–H groups in total. The molecule has 0 atom stereocenters. The lowest BCUT2D eigenvalue weighted by atomic mass is 10.1. The van der Waals surface area contributed by atoms with E-state index in [1.807, 2.05) is 31.2 Å². The fourth-order valence-electron chi connectivity index (χ4n) is 1.69. The number of aromatic nitrogens is 1. The highest BCUT2D eigenvalue weighted by atomic mass is 16.2. The molecule has 0 fully saturated rings. The van der Waals surface area contributed by atoms with Gasteiger partial charge in [0.2, 0.25) is 5.56 Å². The molecule has 0 aliphatic rings. The van der Waals surface area contributed by atoms with Crippen LogP contribution in [0.3, 0.4) is 0 Å². The Balaban J connectivity index is 2.03. The van der Waals surface area contributed by atoms with Gasteiger partial charge in [0.1, 0.15) is 0 Å². The molecule has 2 rings (SSSR count). The summed E-state index contributed by atoms with van der Waals surface area (Å²) in [7, 11) is 0. The van der Waals surface area contributed by atoms with Crippen molar-refractivity contribution in [1.29, 1.82) is 0 Å². The number of amides is 1. The fourth-order valence-corrected chi connectivity index (χ4v) is 1.69. The Morgan fingerprint density at radius 3 is 2.83 bits per heavy atom. The summed E-state index contributed by atoms with van der Waals surface area (Å²) in [4.78, 5) is 25.3. The summed E-state index contributed by atoms with van der Waals surface area (Å²) in [6, 6.07) is 10.8. The summed E-state index contributed by atoms with van der Waals surface area (Å²) in [5.74, 6) is -0.248. The van der Waals surface area contributed by atoms with Crippen molar-refractivity contribution in [2.24, 2.45) is 0 Å². The van der Waals surface area contributed by atoms with Crippen LogP contribution in [0, 0.1) is 6.92 Å². The molecule has 0 saturated heterocycles. The largest absolute Gasteiger partial charge is 0.348 e. The van der Waals surface area contributed by atoms with Crippen LogP contribution < -0.4 is 10.9 Å². The maximum Gasteiger partial charge on any atom is 0.251 e. The lowest BCUT2D eigenvalue weighted by Crippen LogP contribution is -2.24. The monoisotopic (exact) mass is 242 g/mol. The summed E-state index contributed by atoms with van der Waals surface area (Å²) in [5, 5.41) is 2.78. The molecule has 1 aromatic carbocycles. The van der Waals surface area contributed by atoms with Crippen LogP contribution in [0.2, 0.25) is 0 Å². The summed E-state index contributed by atoms with van der Waals surface area (Å²) < 4.78 is 0. The van der Waals surface area contributed by atoms with Crippen LogP contribution in [-0.4, -0.2) is 10.9 Å². The van der Waals surface area contributed by atoms with Gasteiger partial charge < -0.3 is 10.3 Å². The van der Waals surface area contributed by atoms with Gasteiger partial charge in [0, 0.05) is 24.4 Å². The minimum absolute atomic E-state index is 0.248. The maximum atomic E-state index is 11.8. The highest BCUT2D eigenvalue weighted by Crippen LogP contribution is 2.03. The minimum atomic E-state index is -0.279. The Morgan fingerprint density at radius 1 is 1.28 bits per heavy atom. The standard InChI is InChI=1S/C14H14N2O2/c1-10-3-2-4-11(7-10)9-16-14(18)12-5-6-15-13(17)8-12/h2-8H,9H2,1H3,(H,15,17)(H,16,18). The molecule has 0 spiro atoms. The van der Waals surface area contributed by atoms with Gasteiger partial charge in [-0.05, 0) is 18.6 Å². The molecule has 0 radical (unpaired) electrons. The molecule has 2 aromatic rings. The first kappa shape index (κ1) is 12.1. The van der Waals surface area contributed by atoms with E-state index >= 15 is 0 Å². The van der Waals surface area contributed by atoms with Crippen molar-refractivity contribution in [2.75, 3.05) is 0 Å². The van der Waals surface area contributed by atoms with E-state index in [0.29, 0.717) is 12.1 Å². The summed E-state index contributed by atoms with van der Waals surface area (Å²) in [6.45, 7) is 2.45. The van der Waals surface area contributed by atoms with Crippen LogP contribution in [0.4, 0.5) is 0 Å². The van der Waals surface area contributed by atoms with Gasteiger partial charge >= 0.3 is 0 Å². The number of H-pyrrole nitrogens is 1. The number of aryl methyl sites for hydroxylation is 1. The molecule has 0 bridgehead atoms. The first-order valence-electron chi connectivity index (χ1n) is 5.67. The summed E-state index contributed by atoms with van der Waals surface area (Å²) in [6.07, 6.45) is 1.46. The normalized spacial score (nSPS) is 10.1. The van der Waals surface area contributed by atoms with E-state index in [0.717, 1.165) is 11.1 Å². The van der Waals surface area contributed by atoms with Gasteiger partial charge in [-0.3, -0.25) is 9.59 Å². The zero-order chi connectivity index (χ0) is 13.0. The topological polar surface area (TPSA) is 62.0 Å². The Morgan fingerprint density at radius 2 is 2.11 bits per heavy atom. The van der Waals surface area contributed by atoms with Gasteiger partial charge in [-0.1, -0.05) is 29.8 Å². The number of hydrogen-bond acceptors (Lipinski definition) is 2. The first-order valence-corrected chi connectivity index (χ1v) is 5.67. The molecule has 0 aliphatic carbocycles. The second kappa shape index (κ2) is 5.31. The third-order valence-corrected chi connectivity index (χ3v) is 2.57. The Kier molecular flexibility index (Phi) is 3.57. The molecule has 0 saturated carbocycles. The van der Waals surface area contributed by atoms with Crippen LogP contribution in [0.5, 0.6) is 0 Å². The van der Waals surface area contributed by atoms with Gasteiger partial charge in [-0.15, -0.1) is 0 Å². The van der Waals surface area contributed by atoms with E-state index in [1.165, 1.54) is 12.3 Å². The Bertz CT molecular complexity index is 617. The van der Waals surface area contributed by atoms with Gasteiger partial charge in [-0.25, -0.2) is 0 Å². The minimum Gasteiger partial charge on any atom is -0.348 e. The highest BCUT2D eigenvalue weighted by molar-refractivity contribution is 5.93. The second-order valence-electron chi connectivity index (χ2n) is 4.11. The van der Waals surface area contributed by atoms with Crippen LogP contribution in [-0.2, 0) is 6.54 Å². The Labute approximate surface area is 105 Å². The van der Waals surface area contributed by atoms with Crippen molar-refractivity contribution in [3.8, 4) is 0 Å². The summed E-state index contributed by atoms with van der Waals surface area (Å²) in [5.41, 5.74) is 2.27. The number of pyridine rings is 1. The maximum absolute atomic E-state index is 11.8.